The highest BCUT2D eigenvalue weighted by atomic mass is 19.1. The molecule has 2 heterocycles. The average Bonchev–Trinajstić information content (AvgIpc) is 3.46. The van der Waals surface area contributed by atoms with Crippen LogP contribution in [0.15, 0.2) is 45.2 Å². The summed E-state index contributed by atoms with van der Waals surface area (Å²) < 4.78 is 43.4. The Bertz CT molecular complexity index is 1380. The lowest BCUT2D eigenvalue weighted by Gasteiger charge is -2.02. The van der Waals surface area contributed by atoms with Gasteiger partial charge in [0, 0.05) is 10.8 Å². The number of rotatable bonds is 12. The number of hydrogen-bond donors (Lipinski definition) is 0. The zero-order valence-corrected chi connectivity index (χ0v) is 21.5. The molecule has 5 aromatic rings. The molecular weight excluding hydrogens is 454 g/mol. The lowest BCUT2D eigenvalue weighted by atomic mass is 10.0. The van der Waals surface area contributed by atoms with Crippen LogP contribution in [0.2, 0.25) is 0 Å². The van der Waals surface area contributed by atoms with Gasteiger partial charge in [-0.05, 0) is 48.9 Å². The largest absolute Gasteiger partial charge is 0.453 e. The molecule has 0 radical (unpaired) electrons. The van der Waals surface area contributed by atoms with Crippen molar-refractivity contribution in [1.82, 2.24) is 0 Å². The Morgan fingerprint density at radius 1 is 0.556 bits per heavy atom. The Balaban J connectivity index is 1.47. The van der Waals surface area contributed by atoms with Gasteiger partial charge in [-0.3, -0.25) is 0 Å². The smallest absolute Gasteiger partial charge is 0.178 e. The van der Waals surface area contributed by atoms with Crippen LogP contribution in [0.3, 0.4) is 0 Å². The number of furan rings is 2. The van der Waals surface area contributed by atoms with Crippen LogP contribution in [0.25, 0.3) is 43.9 Å². The quantitative estimate of drug-likeness (QED) is 0.163. The van der Waals surface area contributed by atoms with Crippen molar-refractivity contribution >= 4 is 43.9 Å². The maximum Gasteiger partial charge on any atom is 0.178 e. The molecular formula is C32H36F2O2. The van der Waals surface area contributed by atoms with Crippen molar-refractivity contribution in [3.8, 4) is 0 Å². The van der Waals surface area contributed by atoms with Crippen LogP contribution in [0, 0.1) is 11.6 Å². The molecule has 2 aromatic heterocycles. The van der Waals surface area contributed by atoms with Gasteiger partial charge < -0.3 is 8.83 Å². The fraction of sp³-hybridized carbons (Fsp3) is 0.438. The molecule has 36 heavy (non-hydrogen) atoms. The molecule has 0 atom stereocenters. The highest BCUT2D eigenvalue weighted by Crippen LogP contribution is 2.42. The standard InChI is InChI=1S/C32H36F2O2/c1-3-5-7-9-11-13-21-15-17-23-25(19-21)35-31-27(23)29(33)32-28(30(31)34)24-18-16-22(20-26(24)36-32)14-12-10-8-6-4-2/h15-20H,3-14H2,1-2H3. The third-order valence-electron chi connectivity index (χ3n) is 7.48. The van der Waals surface area contributed by atoms with Crippen LogP contribution in [0.4, 0.5) is 8.78 Å². The summed E-state index contributed by atoms with van der Waals surface area (Å²) in [5.41, 5.74) is 3.26. The molecule has 5 rings (SSSR count). The lowest BCUT2D eigenvalue weighted by molar-refractivity contribution is 0.570. The molecule has 0 N–H and O–H groups in total. The monoisotopic (exact) mass is 490 g/mol. The van der Waals surface area contributed by atoms with Gasteiger partial charge in [0.15, 0.2) is 22.8 Å². The molecule has 0 saturated heterocycles. The summed E-state index contributed by atoms with van der Waals surface area (Å²) >= 11 is 0. The number of halogens is 2. The molecule has 4 heteroatoms. The van der Waals surface area contributed by atoms with E-state index in [1.165, 1.54) is 51.4 Å². The Labute approximate surface area is 211 Å². The molecule has 0 unspecified atom stereocenters. The van der Waals surface area contributed by atoms with Gasteiger partial charge in [0.1, 0.15) is 11.2 Å². The Morgan fingerprint density at radius 2 is 0.972 bits per heavy atom. The van der Waals surface area contributed by atoms with Crippen molar-refractivity contribution in [1.29, 1.82) is 0 Å². The van der Waals surface area contributed by atoms with Crippen LogP contribution < -0.4 is 0 Å². The number of hydrogen-bond acceptors (Lipinski definition) is 2. The van der Waals surface area contributed by atoms with Crippen molar-refractivity contribution < 1.29 is 17.6 Å². The van der Waals surface area contributed by atoms with Crippen molar-refractivity contribution in [3.63, 3.8) is 0 Å². The Morgan fingerprint density at radius 3 is 1.39 bits per heavy atom. The predicted octanol–water partition coefficient (Wildman–Crippen LogP) is 10.8. The third kappa shape index (κ3) is 4.75. The highest BCUT2D eigenvalue weighted by molar-refractivity contribution is 6.15. The molecule has 0 amide bonds. The van der Waals surface area contributed by atoms with E-state index in [2.05, 4.69) is 13.8 Å². The van der Waals surface area contributed by atoms with Gasteiger partial charge in [-0.1, -0.05) is 89.5 Å². The maximum absolute atomic E-state index is 15.8. The first-order valence-electron chi connectivity index (χ1n) is 13.8. The second-order valence-electron chi connectivity index (χ2n) is 10.2. The molecule has 190 valence electrons. The van der Waals surface area contributed by atoms with Crippen molar-refractivity contribution in [2.75, 3.05) is 0 Å². The fourth-order valence-corrected chi connectivity index (χ4v) is 5.43. The molecule has 0 saturated carbocycles. The third-order valence-corrected chi connectivity index (χ3v) is 7.48. The summed E-state index contributed by atoms with van der Waals surface area (Å²) in [5.74, 6) is -1.10. The SMILES string of the molecule is CCCCCCCc1ccc2c(c1)oc1c(F)c3c(oc4cc(CCCCCCC)ccc43)c(F)c12. The molecule has 0 bridgehead atoms. The molecule has 0 spiro atoms. The second-order valence-corrected chi connectivity index (χ2v) is 10.2. The normalized spacial score (nSPS) is 12.1. The van der Waals surface area contributed by atoms with Crippen molar-refractivity contribution in [3.05, 3.63) is 59.2 Å². The van der Waals surface area contributed by atoms with Gasteiger partial charge in [-0.2, -0.15) is 0 Å². The minimum absolute atomic E-state index is 0.0298. The van der Waals surface area contributed by atoms with Gasteiger partial charge in [-0.15, -0.1) is 0 Å². The first kappa shape index (κ1) is 24.8. The van der Waals surface area contributed by atoms with Crippen molar-refractivity contribution in [2.45, 2.75) is 90.9 Å². The van der Waals surface area contributed by atoms with Gasteiger partial charge in [0.25, 0.3) is 0 Å². The summed E-state index contributed by atoms with van der Waals surface area (Å²) in [7, 11) is 0. The van der Waals surface area contributed by atoms with Crippen molar-refractivity contribution in [2.24, 2.45) is 0 Å². The van der Waals surface area contributed by atoms with Crippen LogP contribution in [-0.2, 0) is 12.8 Å². The van der Waals surface area contributed by atoms with E-state index in [0.29, 0.717) is 21.9 Å². The summed E-state index contributed by atoms with van der Waals surface area (Å²) in [4.78, 5) is 0. The van der Waals surface area contributed by atoms with E-state index in [1.807, 2.05) is 36.4 Å². The van der Waals surface area contributed by atoms with E-state index >= 15 is 8.78 Å². The highest BCUT2D eigenvalue weighted by Gasteiger charge is 2.25. The Kier molecular flexibility index (Phi) is 7.59. The molecule has 2 nitrogen and oxygen atoms in total. The topological polar surface area (TPSA) is 26.3 Å². The van der Waals surface area contributed by atoms with Crippen LogP contribution in [0.1, 0.15) is 89.2 Å². The van der Waals surface area contributed by atoms with E-state index in [4.69, 9.17) is 8.83 Å². The predicted molar refractivity (Wildman–Crippen MR) is 146 cm³/mol. The second kappa shape index (κ2) is 11.0. The summed E-state index contributed by atoms with van der Waals surface area (Å²) in [6, 6.07) is 11.6. The van der Waals surface area contributed by atoms with E-state index in [0.717, 1.165) is 36.8 Å². The molecule has 3 aromatic carbocycles. The Hall–Kier alpha value is -2.88. The zero-order valence-electron chi connectivity index (χ0n) is 21.5. The van der Waals surface area contributed by atoms with Gasteiger partial charge >= 0.3 is 0 Å². The summed E-state index contributed by atoms with van der Waals surface area (Å²) in [6.45, 7) is 4.42. The van der Waals surface area contributed by atoms with E-state index in [9.17, 15) is 0 Å². The van der Waals surface area contributed by atoms with Crippen LogP contribution in [-0.4, -0.2) is 0 Å². The number of unbranched alkanes of at least 4 members (excludes halogenated alkanes) is 8. The minimum Gasteiger partial charge on any atom is -0.453 e. The first-order chi connectivity index (χ1) is 17.6. The fourth-order valence-electron chi connectivity index (χ4n) is 5.43. The molecule has 0 aliphatic rings. The van der Waals surface area contributed by atoms with Gasteiger partial charge in [-0.25, -0.2) is 8.78 Å². The molecule has 0 fully saturated rings. The lowest BCUT2D eigenvalue weighted by Crippen LogP contribution is -1.87. The van der Waals surface area contributed by atoms with E-state index < -0.39 is 11.6 Å². The zero-order chi connectivity index (χ0) is 25.1. The van der Waals surface area contributed by atoms with E-state index in [1.54, 1.807) is 0 Å². The van der Waals surface area contributed by atoms with Crippen LogP contribution in [0.5, 0.6) is 0 Å². The van der Waals surface area contributed by atoms with Gasteiger partial charge in [0.05, 0.1) is 10.8 Å². The van der Waals surface area contributed by atoms with E-state index in [-0.39, 0.29) is 21.9 Å². The van der Waals surface area contributed by atoms with Crippen LogP contribution >= 0.6 is 0 Å². The number of benzene rings is 3. The van der Waals surface area contributed by atoms with Gasteiger partial charge in [0.2, 0.25) is 0 Å². The summed E-state index contributed by atoms with van der Waals surface area (Å²) in [6.07, 6.45) is 13.9. The molecule has 0 aliphatic carbocycles. The summed E-state index contributed by atoms with van der Waals surface area (Å²) in [5, 5.41) is 1.51. The molecule has 0 aliphatic heterocycles. The number of aryl methyl sites for hydroxylation is 2. The average molecular weight is 491 g/mol. The first-order valence-corrected chi connectivity index (χ1v) is 13.8. The minimum atomic E-state index is -0.551. The number of fused-ring (bicyclic) bond motifs is 6. The maximum atomic E-state index is 15.8.